The van der Waals surface area contributed by atoms with E-state index in [2.05, 4.69) is 15.9 Å². The van der Waals surface area contributed by atoms with Crippen LogP contribution in [0, 0.1) is 0 Å². The SMILES string of the molecule is Cn1cc(Br)c(OC2CCC(=O)CC2)cc1=O. The quantitative estimate of drug-likeness (QED) is 0.840. The van der Waals surface area contributed by atoms with Gasteiger partial charge in [-0.2, -0.15) is 0 Å². The Morgan fingerprint density at radius 3 is 2.65 bits per heavy atom. The van der Waals surface area contributed by atoms with Gasteiger partial charge in [0.15, 0.2) is 0 Å². The number of halogens is 1. The summed E-state index contributed by atoms with van der Waals surface area (Å²) in [7, 11) is 1.69. The number of ether oxygens (including phenoxy) is 1. The molecule has 0 aliphatic heterocycles. The second-order valence-corrected chi connectivity index (χ2v) is 5.14. The minimum Gasteiger partial charge on any atom is -0.489 e. The molecule has 0 amide bonds. The van der Waals surface area contributed by atoms with Crippen molar-refractivity contribution in [2.45, 2.75) is 31.8 Å². The Bertz CT molecular complexity index is 485. The number of rotatable bonds is 2. The zero-order chi connectivity index (χ0) is 12.4. The smallest absolute Gasteiger partial charge is 0.254 e. The van der Waals surface area contributed by atoms with E-state index in [9.17, 15) is 9.59 Å². The van der Waals surface area contributed by atoms with Crippen LogP contribution in [0.2, 0.25) is 0 Å². The number of carbonyl (C=O) groups is 1. The third-order valence-corrected chi connectivity index (χ3v) is 3.52. The topological polar surface area (TPSA) is 48.3 Å². The number of pyridine rings is 1. The largest absolute Gasteiger partial charge is 0.489 e. The number of nitrogens with zero attached hydrogens (tertiary/aromatic N) is 1. The Kier molecular flexibility index (Phi) is 3.66. The number of aryl methyl sites for hydroxylation is 1. The van der Waals surface area contributed by atoms with Gasteiger partial charge in [-0.05, 0) is 28.8 Å². The highest BCUT2D eigenvalue weighted by Crippen LogP contribution is 2.27. The van der Waals surface area contributed by atoms with E-state index in [1.807, 2.05) is 0 Å². The van der Waals surface area contributed by atoms with E-state index < -0.39 is 0 Å². The van der Waals surface area contributed by atoms with Crippen LogP contribution in [-0.4, -0.2) is 16.5 Å². The molecule has 17 heavy (non-hydrogen) atoms. The molecule has 1 fully saturated rings. The van der Waals surface area contributed by atoms with E-state index in [1.165, 1.54) is 10.6 Å². The van der Waals surface area contributed by atoms with Gasteiger partial charge in [0.1, 0.15) is 11.5 Å². The first-order chi connectivity index (χ1) is 8.06. The lowest BCUT2D eigenvalue weighted by atomic mass is 9.96. The summed E-state index contributed by atoms with van der Waals surface area (Å²) >= 11 is 3.37. The van der Waals surface area contributed by atoms with Gasteiger partial charge in [0.05, 0.1) is 10.6 Å². The average Bonchev–Trinajstić information content (AvgIpc) is 2.29. The summed E-state index contributed by atoms with van der Waals surface area (Å²) in [5.74, 6) is 0.861. The summed E-state index contributed by atoms with van der Waals surface area (Å²) in [6, 6.07) is 1.47. The van der Waals surface area contributed by atoms with Crippen molar-refractivity contribution >= 4 is 21.7 Å². The monoisotopic (exact) mass is 299 g/mol. The molecule has 1 aliphatic carbocycles. The second-order valence-electron chi connectivity index (χ2n) is 4.29. The van der Waals surface area contributed by atoms with Gasteiger partial charge in [0.25, 0.3) is 5.56 Å². The lowest BCUT2D eigenvalue weighted by Crippen LogP contribution is -2.25. The molecule has 0 bridgehead atoms. The van der Waals surface area contributed by atoms with Crippen molar-refractivity contribution in [1.29, 1.82) is 0 Å². The fraction of sp³-hybridized carbons (Fsp3) is 0.500. The van der Waals surface area contributed by atoms with E-state index in [-0.39, 0.29) is 11.7 Å². The predicted octanol–water partition coefficient (Wildman–Crippen LogP) is 2.04. The van der Waals surface area contributed by atoms with Gasteiger partial charge in [-0.15, -0.1) is 0 Å². The van der Waals surface area contributed by atoms with Crippen molar-refractivity contribution in [3.8, 4) is 5.75 Å². The third-order valence-electron chi connectivity index (χ3n) is 2.93. The number of Topliss-reactive ketones (excluding diaryl/α,β-unsaturated/α-hetero) is 1. The molecule has 1 aliphatic rings. The Hall–Kier alpha value is -1.10. The molecule has 0 N–H and O–H groups in total. The maximum Gasteiger partial charge on any atom is 0.254 e. The van der Waals surface area contributed by atoms with Crippen molar-refractivity contribution < 1.29 is 9.53 Å². The fourth-order valence-corrected chi connectivity index (χ4v) is 2.40. The minimum atomic E-state index is -0.102. The Balaban J connectivity index is 2.11. The summed E-state index contributed by atoms with van der Waals surface area (Å²) in [4.78, 5) is 22.6. The number of ketones is 1. The lowest BCUT2D eigenvalue weighted by molar-refractivity contribution is -0.121. The van der Waals surface area contributed by atoms with Crippen LogP contribution in [0.4, 0.5) is 0 Å². The molecule has 1 aromatic rings. The maximum absolute atomic E-state index is 11.5. The van der Waals surface area contributed by atoms with Gasteiger partial charge in [-0.25, -0.2) is 0 Å². The van der Waals surface area contributed by atoms with Crippen LogP contribution in [0.5, 0.6) is 5.75 Å². The average molecular weight is 300 g/mol. The first kappa shape index (κ1) is 12.4. The van der Waals surface area contributed by atoms with Crippen LogP contribution in [-0.2, 0) is 11.8 Å². The summed E-state index contributed by atoms with van der Waals surface area (Å²) < 4.78 is 8.01. The molecule has 0 spiro atoms. The third kappa shape index (κ3) is 2.97. The number of hydrogen-bond acceptors (Lipinski definition) is 3. The van der Waals surface area contributed by atoms with Crippen molar-refractivity contribution in [1.82, 2.24) is 4.57 Å². The standard InChI is InChI=1S/C12H14BrNO3/c1-14-7-10(13)11(6-12(14)16)17-9-4-2-8(15)3-5-9/h6-7,9H,2-5H2,1H3. The van der Waals surface area contributed by atoms with Crippen molar-refractivity contribution in [3.05, 3.63) is 27.1 Å². The second kappa shape index (κ2) is 5.04. The van der Waals surface area contributed by atoms with Crippen molar-refractivity contribution in [3.63, 3.8) is 0 Å². The number of carbonyl (C=O) groups excluding carboxylic acids is 1. The summed E-state index contributed by atoms with van der Waals surface area (Å²) in [6.45, 7) is 0. The Morgan fingerprint density at radius 2 is 2.00 bits per heavy atom. The molecule has 0 radical (unpaired) electrons. The molecular formula is C12H14BrNO3. The molecular weight excluding hydrogens is 286 g/mol. The van der Waals surface area contributed by atoms with Gasteiger partial charge in [-0.1, -0.05) is 0 Å². The summed E-state index contributed by atoms with van der Waals surface area (Å²) in [6.07, 6.45) is 4.35. The van der Waals surface area contributed by atoms with Crippen LogP contribution < -0.4 is 10.3 Å². The molecule has 0 atom stereocenters. The molecule has 2 rings (SSSR count). The molecule has 4 nitrogen and oxygen atoms in total. The van der Waals surface area contributed by atoms with Crippen LogP contribution in [0.3, 0.4) is 0 Å². The first-order valence-electron chi connectivity index (χ1n) is 5.61. The number of hydrogen-bond donors (Lipinski definition) is 0. The highest BCUT2D eigenvalue weighted by Gasteiger charge is 2.21. The highest BCUT2D eigenvalue weighted by molar-refractivity contribution is 9.10. The Labute approximate surface area is 108 Å². The molecule has 5 heteroatoms. The van der Waals surface area contributed by atoms with E-state index in [1.54, 1.807) is 13.2 Å². The van der Waals surface area contributed by atoms with E-state index in [4.69, 9.17) is 4.74 Å². The van der Waals surface area contributed by atoms with E-state index in [0.717, 1.165) is 17.3 Å². The zero-order valence-electron chi connectivity index (χ0n) is 9.61. The zero-order valence-corrected chi connectivity index (χ0v) is 11.2. The molecule has 0 aromatic carbocycles. The molecule has 0 unspecified atom stereocenters. The summed E-state index contributed by atoms with van der Waals surface area (Å²) in [5.41, 5.74) is -0.102. The molecule has 1 heterocycles. The predicted molar refractivity (Wildman–Crippen MR) is 67.3 cm³/mol. The van der Waals surface area contributed by atoms with Crippen molar-refractivity contribution in [2.24, 2.45) is 7.05 Å². The van der Waals surface area contributed by atoms with Crippen molar-refractivity contribution in [2.75, 3.05) is 0 Å². The first-order valence-corrected chi connectivity index (χ1v) is 6.40. The maximum atomic E-state index is 11.5. The van der Waals surface area contributed by atoms with Gasteiger partial charge in [0.2, 0.25) is 0 Å². The highest BCUT2D eigenvalue weighted by atomic mass is 79.9. The van der Waals surface area contributed by atoms with Crippen LogP contribution in [0.25, 0.3) is 0 Å². The lowest BCUT2D eigenvalue weighted by Gasteiger charge is -2.23. The van der Waals surface area contributed by atoms with Gasteiger partial charge >= 0.3 is 0 Å². The summed E-state index contributed by atoms with van der Waals surface area (Å²) in [5, 5.41) is 0. The molecule has 92 valence electrons. The van der Waals surface area contributed by atoms with Gasteiger partial charge < -0.3 is 9.30 Å². The minimum absolute atomic E-state index is 0.0381. The normalized spacial score (nSPS) is 17.2. The fourth-order valence-electron chi connectivity index (χ4n) is 1.88. The van der Waals surface area contributed by atoms with E-state index in [0.29, 0.717) is 24.4 Å². The Morgan fingerprint density at radius 1 is 1.35 bits per heavy atom. The molecule has 1 aromatic heterocycles. The van der Waals surface area contributed by atoms with E-state index >= 15 is 0 Å². The van der Waals surface area contributed by atoms with Gasteiger partial charge in [-0.3, -0.25) is 9.59 Å². The van der Waals surface area contributed by atoms with Crippen LogP contribution in [0.15, 0.2) is 21.5 Å². The molecule has 1 saturated carbocycles. The van der Waals surface area contributed by atoms with Gasteiger partial charge in [0, 0.05) is 32.2 Å². The van der Waals surface area contributed by atoms with Crippen LogP contribution in [0.1, 0.15) is 25.7 Å². The molecule has 0 saturated heterocycles. The van der Waals surface area contributed by atoms with Crippen LogP contribution >= 0.6 is 15.9 Å². The number of aromatic nitrogens is 1.